The van der Waals surface area contributed by atoms with Crippen molar-refractivity contribution in [3.8, 4) is 0 Å². The summed E-state index contributed by atoms with van der Waals surface area (Å²) < 4.78 is 5.20. The molecule has 1 N–H and O–H groups in total. The van der Waals surface area contributed by atoms with Crippen LogP contribution in [0, 0.1) is 0 Å². The number of carbonyl (C=O) groups excluding carboxylic acids is 2. The second-order valence-corrected chi connectivity index (χ2v) is 5.99. The Morgan fingerprint density at radius 1 is 1.20 bits per heavy atom. The number of hydrazone groups is 1. The van der Waals surface area contributed by atoms with E-state index in [1.54, 1.807) is 30.2 Å². The van der Waals surface area contributed by atoms with Crippen LogP contribution in [0.5, 0.6) is 0 Å². The normalized spacial score (nSPS) is 14.1. The number of aryl methyl sites for hydroxylation is 1. The number of amides is 2. The number of rotatable bonds is 5. The highest BCUT2D eigenvalue weighted by atomic mass is 16.3. The van der Waals surface area contributed by atoms with Crippen LogP contribution in [-0.4, -0.2) is 24.1 Å². The number of nitrogens with zero attached hydrogens (tertiary/aromatic N) is 2. The molecule has 2 heterocycles. The van der Waals surface area contributed by atoms with Crippen LogP contribution in [0.2, 0.25) is 0 Å². The largest absolute Gasteiger partial charge is 0.463 e. The predicted octanol–water partition coefficient (Wildman–Crippen LogP) is 2.88. The molecule has 0 spiro atoms. The van der Waals surface area contributed by atoms with E-state index >= 15 is 0 Å². The molecule has 6 nitrogen and oxygen atoms in total. The monoisotopic (exact) mass is 339 g/mol. The predicted molar refractivity (Wildman–Crippen MR) is 95.4 cm³/mol. The lowest BCUT2D eigenvalue weighted by molar-refractivity contribution is -0.125. The first-order valence-corrected chi connectivity index (χ1v) is 8.40. The topological polar surface area (TPSA) is 74.9 Å². The van der Waals surface area contributed by atoms with Crippen molar-refractivity contribution in [1.29, 1.82) is 0 Å². The minimum atomic E-state index is -0.287. The molecule has 1 aliphatic heterocycles. The third kappa shape index (κ3) is 4.15. The summed E-state index contributed by atoms with van der Waals surface area (Å²) in [6.07, 6.45) is 3.75. The molecule has 0 fully saturated rings. The molecule has 1 aliphatic rings. The van der Waals surface area contributed by atoms with Gasteiger partial charge in [-0.15, -0.1) is 0 Å². The number of carbonyl (C=O) groups is 2. The van der Waals surface area contributed by atoms with Gasteiger partial charge in [0.25, 0.3) is 0 Å². The van der Waals surface area contributed by atoms with Gasteiger partial charge in [0.2, 0.25) is 11.8 Å². The highest BCUT2D eigenvalue weighted by Gasteiger charge is 2.22. The van der Waals surface area contributed by atoms with E-state index in [0.717, 1.165) is 18.5 Å². The molecule has 0 bridgehead atoms. The molecule has 0 saturated heterocycles. The van der Waals surface area contributed by atoms with E-state index in [-0.39, 0.29) is 24.7 Å². The molecule has 25 heavy (non-hydrogen) atoms. The number of hydrogen-bond acceptors (Lipinski definition) is 4. The van der Waals surface area contributed by atoms with Gasteiger partial charge in [-0.1, -0.05) is 18.2 Å². The quantitative estimate of drug-likeness (QED) is 0.672. The third-order valence-electron chi connectivity index (χ3n) is 4.20. The molecule has 0 radical (unpaired) electrons. The fourth-order valence-electron chi connectivity index (χ4n) is 2.89. The Kier molecular flexibility index (Phi) is 5.28. The van der Waals surface area contributed by atoms with E-state index in [9.17, 15) is 9.59 Å². The molecule has 130 valence electrons. The highest BCUT2D eigenvalue weighted by molar-refractivity contribution is 5.98. The zero-order valence-corrected chi connectivity index (χ0v) is 14.2. The highest BCUT2D eigenvalue weighted by Crippen LogP contribution is 2.27. The number of anilines is 1. The molecule has 0 atom stereocenters. The summed E-state index contributed by atoms with van der Waals surface area (Å²) in [6.45, 7) is 2.45. The summed E-state index contributed by atoms with van der Waals surface area (Å²) >= 11 is 0. The molecule has 2 amide bonds. The average Bonchev–Trinajstić information content (AvgIpc) is 3.18. The summed E-state index contributed by atoms with van der Waals surface area (Å²) in [7, 11) is 0. The Labute approximate surface area is 146 Å². The van der Waals surface area contributed by atoms with Crippen LogP contribution in [0.1, 0.15) is 37.5 Å². The standard InChI is InChI=1S/C19H21N3O3/c1-14(17-9-5-13-25-17)20-21-18(23)10-11-19(24)22-12-4-7-15-6-2-3-8-16(15)22/h2-3,5-6,8-9,13H,4,7,10-12H2,1H3,(H,21,23)/b20-14+. The van der Waals surface area contributed by atoms with Crippen molar-refractivity contribution in [3.63, 3.8) is 0 Å². The van der Waals surface area contributed by atoms with Crippen LogP contribution < -0.4 is 10.3 Å². The SMILES string of the molecule is C/C(=N\NC(=O)CCC(=O)N1CCCc2ccccc21)c1ccco1. The molecule has 1 aromatic carbocycles. The number of para-hydroxylation sites is 1. The maximum Gasteiger partial charge on any atom is 0.240 e. The van der Waals surface area contributed by atoms with Crippen molar-refractivity contribution < 1.29 is 14.0 Å². The summed E-state index contributed by atoms with van der Waals surface area (Å²) in [5.41, 5.74) is 5.19. The minimum absolute atomic E-state index is 0.0333. The summed E-state index contributed by atoms with van der Waals surface area (Å²) in [5, 5.41) is 3.99. The van der Waals surface area contributed by atoms with Crippen LogP contribution in [0.3, 0.4) is 0 Å². The van der Waals surface area contributed by atoms with Crippen molar-refractivity contribution in [2.45, 2.75) is 32.6 Å². The Bertz CT molecular complexity index is 781. The Balaban J connectivity index is 1.53. The van der Waals surface area contributed by atoms with E-state index in [1.165, 1.54) is 5.56 Å². The first-order valence-electron chi connectivity index (χ1n) is 8.40. The van der Waals surface area contributed by atoms with Gasteiger partial charge in [-0.3, -0.25) is 9.59 Å². The fraction of sp³-hybridized carbons (Fsp3) is 0.316. The number of benzene rings is 1. The van der Waals surface area contributed by atoms with Crippen LogP contribution in [-0.2, 0) is 16.0 Å². The third-order valence-corrected chi connectivity index (χ3v) is 4.20. The van der Waals surface area contributed by atoms with Gasteiger partial charge in [0.1, 0.15) is 11.5 Å². The Morgan fingerprint density at radius 2 is 2.04 bits per heavy atom. The zero-order valence-electron chi connectivity index (χ0n) is 14.2. The molecule has 0 unspecified atom stereocenters. The van der Waals surface area contributed by atoms with Crippen molar-refractivity contribution in [2.24, 2.45) is 5.10 Å². The lowest BCUT2D eigenvalue weighted by Crippen LogP contribution is -2.36. The van der Waals surface area contributed by atoms with Crippen molar-refractivity contribution in [1.82, 2.24) is 5.43 Å². The first-order chi connectivity index (χ1) is 12.1. The molecule has 6 heteroatoms. The maximum absolute atomic E-state index is 12.5. The number of nitrogens with one attached hydrogen (secondary N) is 1. The van der Waals surface area contributed by atoms with Gasteiger partial charge >= 0.3 is 0 Å². The van der Waals surface area contributed by atoms with Gasteiger partial charge in [0.05, 0.1) is 6.26 Å². The lowest BCUT2D eigenvalue weighted by atomic mass is 10.0. The molecule has 2 aromatic rings. The van der Waals surface area contributed by atoms with Crippen molar-refractivity contribution >= 4 is 23.2 Å². The van der Waals surface area contributed by atoms with Gasteiger partial charge < -0.3 is 9.32 Å². The van der Waals surface area contributed by atoms with E-state index in [4.69, 9.17) is 4.42 Å². The first kappa shape index (κ1) is 17.0. The van der Waals surface area contributed by atoms with Crippen LogP contribution >= 0.6 is 0 Å². The van der Waals surface area contributed by atoms with E-state index in [0.29, 0.717) is 18.0 Å². The average molecular weight is 339 g/mol. The van der Waals surface area contributed by atoms with Gasteiger partial charge in [-0.2, -0.15) is 5.10 Å². The van der Waals surface area contributed by atoms with Gasteiger partial charge in [0, 0.05) is 25.1 Å². The lowest BCUT2D eigenvalue weighted by Gasteiger charge is -2.29. The second-order valence-electron chi connectivity index (χ2n) is 5.99. The second kappa shape index (κ2) is 7.79. The van der Waals surface area contributed by atoms with Crippen LogP contribution in [0.15, 0.2) is 52.2 Å². The Hall–Kier alpha value is -2.89. The number of furan rings is 1. The van der Waals surface area contributed by atoms with E-state index in [1.807, 2.05) is 24.3 Å². The number of hydrogen-bond donors (Lipinski definition) is 1. The fourth-order valence-corrected chi connectivity index (χ4v) is 2.89. The molecule has 3 rings (SSSR count). The summed E-state index contributed by atoms with van der Waals surface area (Å²) in [5.74, 6) is 0.278. The Morgan fingerprint density at radius 3 is 2.84 bits per heavy atom. The van der Waals surface area contributed by atoms with Gasteiger partial charge in [-0.05, 0) is 43.5 Å². The van der Waals surface area contributed by atoms with E-state index in [2.05, 4.69) is 10.5 Å². The smallest absolute Gasteiger partial charge is 0.240 e. The van der Waals surface area contributed by atoms with Gasteiger partial charge in [0.15, 0.2) is 0 Å². The van der Waals surface area contributed by atoms with Crippen molar-refractivity contribution in [3.05, 3.63) is 54.0 Å². The summed E-state index contributed by atoms with van der Waals surface area (Å²) in [4.78, 5) is 26.2. The molecular formula is C19H21N3O3. The summed E-state index contributed by atoms with van der Waals surface area (Å²) in [6, 6.07) is 11.5. The zero-order chi connectivity index (χ0) is 17.6. The minimum Gasteiger partial charge on any atom is -0.463 e. The molecular weight excluding hydrogens is 318 g/mol. The van der Waals surface area contributed by atoms with Crippen LogP contribution in [0.4, 0.5) is 5.69 Å². The molecule has 0 saturated carbocycles. The molecule has 0 aliphatic carbocycles. The van der Waals surface area contributed by atoms with E-state index < -0.39 is 0 Å². The van der Waals surface area contributed by atoms with Crippen molar-refractivity contribution in [2.75, 3.05) is 11.4 Å². The maximum atomic E-state index is 12.5. The molecule has 1 aromatic heterocycles. The number of fused-ring (bicyclic) bond motifs is 1. The van der Waals surface area contributed by atoms with Crippen LogP contribution in [0.25, 0.3) is 0 Å². The van der Waals surface area contributed by atoms with Gasteiger partial charge in [-0.25, -0.2) is 5.43 Å².